The van der Waals surface area contributed by atoms with Crippen LogP contribution in [0.4, 0.5) is 18.9 Å². The number of rotatable bonds is 8. The molecule has 0 unspecified atom stereocenters. The Bertz CT molecular complexity index is 424. The highest BCUT2D eigenvalue weighted by Crippen LogP contribution is 2.37. The molecule has 0 spiro atoms. The van der Waals surface area contributed by atoms with Gasteiger partial charge in [-0.15, -0.1) is 0 Å². The normalized spacial score (nSPS) is 11.7. The lowest BCUT2D eigenvalue weighted by atomic mass is 10.1. The van der Waals surface area contributed by atoms with Gasteiger partial charge >= 0.3 is 6.18 Å². The van der Waals surface area contributed by atoms with Crippen LogP contribution in [0.2, 0.25) is 0 Å². The first-order valence-corrected chi connectivity index (χ1v) is 7.50. The van der Waals surface area contributed by atoms with Gasteiger partial charge in [-0.25, -0.2) is 0 Å². The molecule has 5 heteroatoms. The van der Waals surface area contributed by atoms with Crippen molar-refractivity contribution in [3.8, 4) is 0 Å². The number of aliphatic hydroxyl groups is 1. The van der Waals surface area contributed by atoms with E-state index in [1.165, 1.54) is 6.07 Å². The number of anilines is 1. The summed E-state index contributed by atoms with van der Waals surface area (Å²) in [6.07, 6.45) is -0.792. The molecule has 0 heterocycles. The Morgan fingerprint density at radius 1 is 1.05 bits per heavy atom. The maximum Gasteiger partial charge on any atom is 0.418 e. The molecular formula is C16H24F3NO. The fourth-order valence-corrected chi connectivity index (χ4v) is 2.24. The summed E-state index contributed by atoms with van der Waals surface area (Å²) in [5.41, 5.74) is -0.139. The molecule has 0 saturated heterocycles. The van der Waals surface area contributed by atoms with Crippen molar-refractivity contribution in [1.82, 2.24) is 0 Å². The topological polar surface area (TPSA) is 23.5 Å². The molecule has 0 amide bonds. The molecule has 0 aliphatic carbocycles. The standard InChI is InChI=1S/C16H24F3NO/c1-3-5-9-20(10-6-4-2)15-8-7-13(12-21)11-14(15)16(17,18)19/h7-8,11,21H,3-6,9-10,12H2,1-2H3. The Kier molecular flexibility index (Phi) is 7.02. The number of hydrogen-bond acceptors (Lipinski definition) is 2. The Hall–Kier alpha value is -1.23. The van der Waals surface area contributed by atoms with Crippen molar-refractivity contribution in [3.05, 3.63) is 29.3 Å². The van der Waals surface area contributed by atoms with E-state index in [2.05, 4.69) is 0 Å². The summed E-state index contributed by atoms with van der Waals surface area (Å²) >= 11 is 0. The second-order valence-electron chi connectivity index (χ2n) is 5.20. The first kappa shape index (κ1) is 17.8. The van der Waals surface area contributed by atoms with Crippen LogP contribution in [0.25, 0.3) is 0 Å². The van der Waals surface area contributed by atoms with Gasteiger partial charge < -0.3 is 10.0 Å². The monoisotopic (exact) mass is 303 g/mol. The summed E-state index contributed by atoms with van der Waals surface area (Å²) in [5, 5.41) is 9.06. The van der Waals surface area contributed by atoms with E-state index in [-0.39, 0.29) is 17.9 Å². The van der Waals surface area contributed by atoms with Crippen molar-refractivity contribution in [2.75, 3.05) is 18.0 Å². The van der Waals surface area contributed by atoms with E-state index < -0.39 is 11.7 Å². The molecule has 1 aromatic rings. The van der Waals surface area contributed by atoms with E-state index in [4.69, 9.17) is 5.11 Å². The molecule has 0 aliphatic heterocycles. The van der Waals surface area contributed by atoms with Gasteiger partial charge in [0.15, 0.2) is 0 Å². The maximum atomic E-state index is 13.3. The van der Waals surface area contributed by atoms with Gasteiger partial charge in [0, 0.05) is 18.8 Å². The summed E-state index contributed by atoms with van der Waals surface area (Å²) in [7, 11) is 0. The lowest BCUT2D eigenvalue weighted by molar-refractivity contribution is -0.137. The van der Waals surface area contributed by atoms with E-state index in [9.17, 15) is 13.2 Å². The quantitative estimate of drug-likeness (QED) is 0.758. The SMILES string of the molecule is CCCCN(CCCC)c1ccc(CO)cc1C(F)(F)F. The van der Waals surface area contributed by atoms with Crippen LogP contribution in [0.15, 0.2) is 18.2 Å². The summed E-state index contributed by atoms with van der Waals surface area (Å²) in [5.74, 6) is 0. The summed E-state index contributed by atoms with van der Waals surface area (Å²) < 4.78 is 39.8. The zero-order valence-electron chi connectivity index (χ0n) is 12.7. The fourth-order valence-electron chi connectivity index (χ4n) is 2.24. The summed E-state index contributed by atoms with van der Waals surface area (Å²) in [6, 6.07) is 4.11. The highest BCUT2D eigenvalue weighted by molar-refractivity contribution is 5.56. The molecule has 1 rings (SSSR count). The number of benzene rings is 1. The summed E-state index contributed by atoms with van der Waals surface area (Å²) in [4.78, 5) is 1.82. The third kappa shape index (κ3) is 5.23. The Balaban J connectivity index is 3.15. The largest absolute Gasteiger partial charge is 0.418 e. The molecule has 0 aliphatic rings. The van der Waals surface area contributed by atoms with Crippen molar-refractivity contribution in [1.29, 1.82) is 0 Å². The van der Waals surface area contributed by atoms with Crippen LogP contribution in [0.1, 0.15) is 50.7 Å². The molecule has 0 atom stereocenters. The molecule has 0 radical (unpaired) electrons. The van der Waals surface area contributed by atoms with E-state index in [1.807, 2.05) is 18.7 Å². The van der Waals surface area contributed by atoms with Gasteiger partial charge in [0.2, 0.25) is 0 Å². The van der Waals surface area contributed by atoms with Crippen molar-refractivity contribution >= 4 is 5.69 Å². The van der Waals surface area contributed by atoms with Gasteiger partial charge in [-0.2, -0.15) is 13.2 Å². The van der Waals surface area contributed by atoms with Gasteiger partial charge in [-0.3, -0.25) is 0 Å². The highest BCUT2D eigenvalue weighted by Gasteiger charge is 2.35. The zero-order chi connectivity index (χ0) is 15.9. The van der Waals surface area contributed by atoms with Gasteiger partial charge in [0.1, 0.15) is 0 Å². The average Bonchev–Trinajstić information content (AvgIpc) is 2.46. The molecule has 0 aromatic heterocycles. The zero-order valence-corrected chi connectivity index (χ0v) is 12.7. The van der Waals surface area contributed by atoms with Crippen molar-refractivity contribution in [2.24, 2.45) is 0 Å². The minimum atomic E-state index is -4.41. The lowest BCUT2D eigenvalue weighted by Gasteiger charge is -2.28. The van der Waals surface area contributed by atoms with Gasteiger partial charge in [-0.05, 0) is 30.5 Å². The molecule has 21 heavy (non-hydrogen) atoms. The number of alkyl halides is 3. The molecule has 0 fully saturated rings. The predicted octanol–water partition coefficient (Wildman–Crippen LogP) is 4.60. The van der Waals surface area contributed by atoms with Crippen LogP contribution in [-0.2, 0) is 12.8 Å². The van der Waals surface area contributed by atoms with Crippen LogP contribution >= 0.6 is 0 Å². The third-order valence-corrected chi connectivity index (χ3v) is 3.45. The Morgan fingerprint density at radius 3 is 2.05 bits per heavy atom. The third-order valence-electron chi connectivity index (χ3n) is 3.45. The van der Waals surface area contributed by atoms with E-state index in [1.54, 1.807) is 6.07 Å². The second-order valence-corrected chi connectivity index (χ2v) is 5.20. The number of aliphatic hydroxyl groups excluding tert-OH is 1. The first-order chi connectivity index (χ1) is 9.93. The number of hydrogen-bond donors (Lipinski definition) is 1. The van der Waals surface area contributed by atoms with Gasteiger partial charge in [0.25, 0.3) is 0 Å². The van der Waals surface area contributed by atoms with Crippen LogP contribution in [0, 0.1) is 0 Å². The van der Waals surface area contributed by atoms with Gasteiger partial charge in [-0.1, -0.05) is 32.8 Å². The molecule has 1 aromatic carbocycles. The second kappa shape index (κ2) is 8.27. The molecular weight excluding hydrogens is 279 g/mol. The van der Waals surface area contributed by atoms with Crippen LogP contribution in [-0.4, -0.2) is 18.2 Å². The highest BCUT2D eigenvalue weighted by atomic mass is 19.4. The molecule has 0 saturated carbocycles. The first-order valence-electron chi connectivity index (χ1n) is 7.50. The molecule has 2 nitrogen and oxygen atoms in total. The molecule has 120 valence electrons. The Labute approximate surface area is 124 Å². The molecule has 0 bridgehead atoms. The van der Waals surface area contributed by atoms with E-state index in [0.717, 1.165) is 31.7 Å². The summed E-state index contributed by atoms with van der Waals surface area (Å²) in [6.45, 7) is 4.92. The van der Waals surface area contributed by atoms with E-state index in [0.29, 0.717) is 13.1 Å². The smallest absolute Gasteiger partial charge is 0.392 e. The lowest BCUT2D eigenvalue weighted by Crippen LogP contribution is -2.28. The molecule has 1 N–H and O–H groups in total. The van der Waals surface area contributed by atoms with E-state index >= 15 is 0 Å². The van der Waals surface area contributed by atoms with Crippen molar-refractivity contribution in [3.63, 3.8) is 0 Å². The van der Waals surface area contributed by atoms with Crippen LogP contribution < -0.4 is 4.90 Å². The van der Waals surface area contributed by atoms with Gasteiger partial charge in [0.05, 0.1) is 12.2 Å². The Morgan fingerprint density at radius 2 is 1.62 bits per heavy atom. The number of halogens is 3. The van der Waals surface area contributed by atoms with Crippen LogP contribution in [0.3, 0.4) is 0 Å². The average molecular weight is 303 g/mol. The maximum absolute atomic E-state index is 13.3. The minimum Gasteiger partial charge on any atom is -0.392 e. The predicted molar refractivity (Wildman–Crippen MR) is 79.4 cm³/mol. The van der Waals surface area contributed by atoms with Crippen molar-refractivity contribution in [2.45, 2.75) is 52.3 Å². The fraction of sp³-hybridized carbons (Fsp3) is 0.625. The van der Waals surface area contributed by atoms with Crippen LogP contribution in [0.5, 0.6) is 0 Å². The van der Waals surface area contributed by atoms with Crippen molar-refractivity contribution < 1.29 is 18.3 Å². The number of unbranched alkanes of at least 4 members (excludes halogenated alkanes) is 2. The number of nitrogens with zero attached hydrogens (tertiary/aromatic N) is 1. The minimum absolute atomic E-state index is 0.224.